The zero-order valence-electron chi connectivity index (χ0n) is 13.1. The number of hydrogen-bond acceptors (Lipinski definition) is 3. The second kappa shape index (κ2) is 7.04. The van der Waals surface area contributed by atoms with Crippen LogP contribution < -0.4 is 10.0 Å². The second-order valence-corrected chi connectivity index (χ2v) is 7.67. The van der Waals surface area contributed by atoms with Gasteiger partial charge >= 0.3 is 0 Å². The third-order valence-corrected chi connectivity index (χ3v) is 4.50. The SMILES string of the molecule is CCc1ccc(S(=O)(=O)NCCNC(=O)C(C)(C)C)cc1. The molecule has 0 aliphatic heterocycles. The third kappa shape index (κ3) is 5.47. The fraction of sp³-hybridized carbons (Fsp3) is 0.533. The molecule has 1 amide bonds. The van der Waals surface area contributed by atoms with Crippen LogP contribution in [-0.4, -0.2) is 27.4 Å². The van der Waals surface area contributed by atoms with Gasteiger partial charge < -0.3 is 5.32 Å². The lowest BCUT2D eigenvalue weighted by molar-refractivity contribution is -0.128. The summed E-state index contributed by atoms with van der Waals surface area (Å²) in [6.07, 6.45) is 0.868. The number of nitrogens with one attached hydrogen (secondary N) is 2. The smallest absolute Gasteiger partial charge is 0.240 e. The summed E-state index contributed by atoms with van der Waals surface area (Å²) in [6, 6.07) is 6.79. The van der Waals surface area contributed by atoms with Crippen molar-refractivity contribution < 1.29 is 13.2 Å². The van der Waals surface area contributed by atoms with Crippen LogP contribution in [0.5, 0.6) is 0 Å². The van der Waals surface area contributed by atoms with Crippen LogP contribution in [-0.2, 0) is 21.2 Å². The number of hydrogen-bond donors (Lipinski definition) is 2. The molecule has 1 aromatic rings. The van der Waals surface area contributed by atoms with E-state index in [1.165, 1.54) is 0 Å². The van der Waals surface area contributed by atoms with Gasteiger partial charge in [0.1, 0.15) is 0 Å². The Morgan fingerprint density at radius 2 is 1.67 bits per heavy atom. The zero-order chi connectivity index (χ0) is 16.1. The predicted octanol–water partition coefficient (Wildman–Crippen LogP) is 1.69. The highest BCUT2D eigenvalue weighted by Crippen LogP contribution is 2.12. The molecule has 0 saturated carbocycles. The Balaban J connectivity index is 2.52. The molecule has 0 aliphatic rings. The average Bonchev–Trinajstić information content (AvgIpc) is 2.42. The Labute approximate surface area is 127 Å². The number of sulfonamides is 1. The Bertz CT molecular complexity index is 572. The van der Waals surface area contributed by atoms with E-state index < -0.39 is 15.4 Å². The molecular weight excluding hydrogens is 288 g/mol. The standard InChI is InChI=1S/C15H24N2O3S/c1-5-12-6-8-13(9-7-12)21(19,20)17-11-10-16-14(18)15(2,3)4/h6-9,17H,5,10-11H2,1-4H3,(H,16,18). The normalized spacial score (nSPS) is 12.2. The Hall–Kier alpha value is -1.40. The van der Waals surface area contributed by atoms with Gasteiger partial charge in [-0.2, -0.15) is 0 Å². The highest BCUT2D eigenvalue weighted by atomic mass is 32.2. The first-order valence-corrected chi connectivity index (χ1v) is 8.52. The van der Waals surface area contributed by atoms with Gasteiger partial charge in [0, 0.05) is 18.5 Å². The predicted molar refractivity (Wildman–Crippen MR) is 83.5 cm³/mol. The third-order valence-electron chi connectivity index (χ3n) is 3.03. The highest BCUT2D eigenvalue weighted by Gasteiger charge is 2.20. The molecule has 0 saturated heterocycles. The van der Waals surface area contributed by atoms with Crippen molar-refractivity contribution in [3.05, 3.63) is 29.8 Å². The van der Waals surface area contributed by atoms with E-state index in [-0.39, 0.29) is 23.9 Å². The summed E-state index contributed by atoms with van der Waals surface area (Å²) < 4.78 is 26.6. The van der Waals surface area contributed by atoms with Gasteiger partial charge in [-0.15, -0.1) is 0 Å². The van der Waals surface area contributed by atoms with Crippen molar-refractivity contribution in [2.75, 3.05) is 13.1 Å². The van der Waals surface area contributed by atoms with E-state index in [1.807, 2.05) is 27.7 Å². The van der Waals surface area contributed by atoms with Gasteiger partial charge in [-0.25, -0.2) is 13.1 Å². The topological polar surface area (TPSA) is 75.3 Å². The molecule has 21 heavy (non-hydrogen) atoms. The summed E-state index contributed by atoms with van der Waals surface area (Å²) in [4.78, 5) is 11.9. The summed E-state index contributed by atoms with van der Waals surface area (Å²) in [5.41, 5.74) is 0.612. The lowest BCUT2D eigenvalue weighted by Crippen LogP contribution is -2.39. The number of amides is 1. The fourth-order valence-corrected chi connectivity index (χ4v) is 2.65. The largest absolute Gasteiger partial charge is 0.354 e. The Kier molecular flexibility index (Phi) is 5.92. The van der Waals surface area contributed by atoms with Crippen molar-refractivity contribution in [1.29, 1.82) is 0 Å². The maximum atomic E-state index is 12.0. The van der Waals surface area contributed by atoms with Gasteiger partial charge in [0.05, 0.1) is 4.90 Å². The summed E-state index contributed by atoms with van der Waals surface area (Å²) >= 11 is 0. The Morgan fingerprint density at radius 3 is 2.14 bits per heavy atom. The van der Waals surface area contributed by atoms with E-state index in [1.54, 1.807) is 24.3 Å². The summed E-state index contributed by atoms with van der Waals surface area (Å²) in [7, 11) is -3.52. The maximum Gasteiger partial charge on any atom is 0.240 e. The van der Waals surface area contributed by atoms with Crippen molar-refractivity contribution in [3.63, 3.8) is 0 Å². The molecule has 1 aromatic carbocycles. The molecule has 0 atom stereocenters. The van der Waals surface area contributed by atoms with Gasteiger partial charge in [-0.1, -0.05) is 39.8 Å². The molecule has 0 unspecified atom stereocenters. The minimum atomic E-state index is -3.52. The van der Waals surface area contributed by atoms with Crippen molar-refractivity contribution in [1.82, 2.24) is 10.0 Å². The molecule has 6 heteroatoms. The molecule has 0 fully saturated rings. The quantitative estimate of drug-likeness (QED) is 0.785. The van der Waals surface area contributed by atoms with E-state index >= 15 is 0 Å². The highest BCUT2D eigenvalue weighted by molar-refractivity contribution is 7.89. The lowest BCUT2D eigenvalue weighted by atomic mass is 9.96. The first kappa shape index (κ1) is 17.7. The fourth-order valence-electron chi connectivity index (χ4n) is 1.61. The van der Waals surface area contributed by atoms with Gasteiger partial charge in [-0.3, -0.25) is 4.79 Å². The molecule has 5 nitrogen and oxygen atoms in total. The summed E-state index contributed by atoms with van der Waals surface area (Å²) in [5, 5.41) is 2.70. The molecule has 118 valence electrons. The number of aryl methyl sites for hydroxylation is 1. The Morgan fingerprint density at radius 1 is 1.10 bits per heavy atom. The van der Waals surface area contributed by atoms with Gasteiger partial charge in [0.2, 0.25) is 15.9 Å². The second-order valence-electron chi connectivity index (χ2n) is 5.90. The summed E-state index contributed by atoms with van der Waals surface area (Å²) in [6.45, 7) is 7.87. The van der Waals surface area contributed by atoms with Crippen molar-refractivity contribution in [3.8, 4) is 0 Å². The summed E-state index contributed by atoms with van der Waals surface area (Å²) in [5.74, 6) is -0.103. The van der Waals surface area contributed by atoms with Crippen LogP contribution in [0.3, 0.4) is 0 Å². The molecule has 0 heterocycles. The molecule has 2 N–H and O–H groups in total. The van der Waals surface area contributed by atoms with E-state index in [2.05, 4.69) is 10.0 Å². The number of carbonyl (C=O) groups is 1. The first-order chi connectivity index (χ1) is 9.66. The van der Waals surface area contributed by atoms with Crippen molar-refractivity contribution in [2.45, 2.75) is 39.0 Å². The van der Waals surface area contributed by atoms with E-state index in [0.717, 1.165) is 12.0 Å². The lowest BCUT2D eigenvalue weighted by Gasteiger charge is -2.17. The molecule has 0 spiro atoms. The van der Waals surface area contributed by atoms with Gasteiger partial charge in [0.25, 0.3) is 0 Å². The van der Waals surface area contributed by atoms with Crippen LogP contribution >= 0.6 is 0 Å². The first-order valence-electron chi connectivity index (χ1n) is 7.03. The maximum absolute atomic E-state index is 12.0. The van der Waals surface area contributed by atoms with Crippen LogP contribution in [0.4, 0.5) is 0 Å². The minimum Gasteiger partial charge on any atom is -0.354 e. The van der Waals surface area contributed by atoms with Crippen molar-refractivity contribution >= 4 is 15.9 Å². The molecule has 0 aromatic heterocycles. The molecule has 1 rings (SSSR count). The van der Waals surface area contributed by atoms with Gasteiger partial charge in [-0.05, 0) is 24.1 Å². The average molecular weight is 312 g/mol. The molecule has 0 radical (unpaired) electrons. The number of carbonyl (C=O) groups excluding carboxylic acids is 1. The van der Waals surface area contributed by atoms with E-state index in [4.69, 9.17) is 0 Å². The molecule has 0 bridgehead atoms. The molecule has 0 aliphatic carbocycles. The van der Waals surface area contributed by atoms with Crippen LogP contribution in [0, 0.1) is 5.41 Å². The van der Waals surface area contributed by atoms with Crippen LogP contribution in [0.1, 0.15) is 33.3 Å². The van der Waals surface area contributed by atoms with Crippen molar-refractivity contribution in [2.24, 2.45) is 5.41 Å². The molecular formula is C15H24N2O3S. The van der Waals surface area contributed by atoms with Crippen LogP contribution in [0.25, 0.3) is 0 Å². The number of rotatable bonds is 6. The van der Waals surface area contributed by atoms with E-state index in [9.17, 15) is 13.2 Å². The number of benzene rings is 1. The van der Waals surface area contributed by atoms with Crippen LogP contribution in [0.2, 0.25) is 0 Å². The van der Waals surface area contributed by atoms with Gasteiger partial charge in [0.15, 0.2) is 0 Å². The minimum absolute atomic E-state index is 0.103. The van der Waals surface area contributed by atoms with E-state index in [0.29, 0.717) is 0 Å². The zero-order valence-corrected chi connectivity index (χ0v) is 13.9. The van der Waals surface area contributed by atoms with Crippen LogP contribution in [0.15, 0.2) is 29.2 Å². The monoisotopic (exact) mass is 312 g/mol.